The summed E-state index contributed by atoms with van der Waals surface area (Å²) in [7, 11) is 0. The standard InChI is InChI=1S/C21H14N2OS/c1-13-6-9-20(25-13)17-11-19(23-21(24)18(17)12-22)16-8-7-14-4-2-3-5-15(14)10-16/h2-11H,1H3,(H,23,24). The van der Waals surface area contributed by atoms with Gasteiger partial charge in [0.2, 0.25) is 0 Å². The predicted molar refractivity (Wildman–Crippen MR) is 103 cm³/mol. The summed E-state index contributed by atoms with van der Waals surface area (Å²) >= 11 is 1.58. The molecule has 4 heteroatoms. The SMILES string of the molecule is Cc1ccc(-c2cc(-c3ccc4ccccc4c3)[nH]c(=O)c2C#N)s1. The highest BCUT2D eigenvalue weighted by Crippen LogP contribution is 2.32. The largest absolute Gasteiger partial charge is 0.321 e. The molecule has 0 saturated heterocycles. The van der Waals surface area contributed by atoms with Gasteiger partial charge in [-0.1, -0.05) is 36.4 Å². The molecule has 2 aromatic heterocycles. The zero-order chi connectivity index (χ0) is 17.4. The average Bonchev–Trinajstić information content (AvgIpc) is 3.07. The van der Waals surface area contributed by atoms with Gasteiger partial charge in [0.25, 0.3) is 5.56 Å². The smallest absolute Gasteiger partial charge is 0.267 e. The Bertz CT molecular complexity index is 1190. The van der Waals surface area contributed by atoms with E-state index in [1.165, 1.54) is 0 Å². The molecule has 25 heavy (non-hydrogen) atoms. The Labute approximate surface area is 148 Å². The van der Waals surface area contributed by atoms with Gasteiger partial charge in [0.15, 0.2) is 0 Å². The van der Waals surface area contributed by atoms with Gasteiger partial charge in [0.05, 0.1) is 0 Å². The number of nitrogens with zero attached hydrogens (tertiary/aromatic N) is 1. The van der Waals surface area contributed by atoms with Crippen LogP contribution in [0.2, 0.25) is 0 Å². The lowest BCUT2D eigenvalue weighted by Gasteiger charge is -2.08. The molecule has 4 aromatic rings. The van der Waals surface area contributed by atoms with Crippen molar-refractivity contribution in [2.24, 2.45) is 0 Å². The summed E-state index contributed by atoms with van der Waals surface area (Å²) in [5.41, 5.74) is 2.14. The summed E-state index contributed by atoms with van der Waals surface area (Å²) in [5, 5.41) is 11.7. The number of aromatic nitrogens is 1. The third-order valence-electron chi connectivity index (χ3n) is 4.21. The number of aryl methyl sites for hydroxylation is 1. The highest BCUT2D eigenvalue weighted by molar-refractivity contribution is 7.15. The fourth-order valence-corrected chi connectivity index (χ4v) is 3.85. The summed E-state index contributed by atoms with van der Waals surface area (Å²) in [6, 6.07) is 22.1. The minimum absolute atomic E-state index is 0.159. The first-order valence-corrected chi connectivity index (χ1v) is 8.71. The maximum atomic E-state index is 12.4. The maximum Gasteiger partial charge on any atom is 0.267 e. The number of H-pyrrole nitrogens is 1. The average molecular weight is 342 g/mol. The molecule has 0 radical (unpaired) electrons. The van der Waals surface area contributed by atoms with Crippen LogP contribution in [0.25, 0.3) is 32.5 Å². The van der Waals surface area contributed by atoms with Gasteiger partial charge in [0.1, 0.15) is 11.6 Å². The molecule has 3 nitrogen and oxygen atoms in total. The van der Waals surface area contributed by atoms with E-state index in [0.29, 0.717) is 5.56 Å². The summed E-state index contributed by atoms with van der Waals surface area (Å²) in [6.45, 7) is 2.01. The summed E-state index contributed by atoms with van der Waals surface area (Å²) < 4.78 is 0. The second-order valence-electron chi connectivity index (χ2n) is 5.88. The van der Waals surface area contributed by atoms with Crippen LogP contribution in [0.15, 0.2) is 65.5 Å². The van der Waals surface area contributed by atoms with Crippen LogP contribution in [0, 0.1) is 18.3 Å². The Balaban J connectivity index is 1.94. The van der Waals surface area contributed by atoms with Gasteiger partial charge in [0, 0.05) is 21.0 Å². The molecular formula is C21H14N2OS. The Morgan fingerprint density at radius 1 is 1.00 bits per heavy atom. The molecule has 0 bridgehead atoms. The van der Waals surface area contributed by atoms with Crippen LogP contribution in [0.1, 0.15) is 10.4 Å². The number of fused-ring (bicyclic) bond motifs is 1. The number of hydrogen-bond donors (Lipinski definition) is 1. The third kappa shape index (κ3) is 2.75. The highest BCUT2D eigenvalue weighted by atomic mass is 32.1. The fraction of sp³-hybridized carbons (Fsp3) is 0.0476. The molecular weight excluding hydrogens is 328 g/mol. The van der Waals surface area contributed by atoms with E-state index in [-0.39, 0.29) is 11.1 Å². The van der Waals surface area contributed by atoms with E-state index < -0.39 is 0 Å². The quantitative estimate of drug-likeness (QED) is 0.551. The molecule has 0 amide bonds. The molecule has 0 aliphatic rings. The Morgan fingerprint density at radius 2 is 1.80 bits per heavy atom. The van der Waals surface area contributed by atoms with E-state index >= 15 is 0 Å². The molecule has 0 saturated carbocycles. The second-order valence-corrected chi connectivity index (χ2v) is 7.17. The minimum atomic E-state index is -0.353. The summed E-state index contributed by atoms with van der Waals surface area (Å²) in [5.74, 6) is 0. The Kier molecular flexibility index (Phi) is 3.72. The molecule has 1 N–H and O–H groups in total. The third-order valence-corrected chi connectivity index (χ3v) is 5.25. The van der Waals surface area contributed by atoms with Crippen molar-refractivity contribution in [3.63, 3.8) is 0 Å². The van der Waals surface area contributed by atoms with Crippen molar-refractivity contribution in [1.29, 1.82) is 5.26 Å². The first-order valence-electron chi connectivity index (χ1n) is 7.89. The molecule has 0 aliphatic carbocycles. The van der Waals surface area contributed by atoms with Crippen molar-refractivity contribution in [1.82, 2.24) is 4.98 Å². The van der Waals surface area contributed by atoms with E-state index in [1.54, 1.807) is 11.3 Å². The van der Waals surface area contributed by atoms with Crippen molar-refractivity contribution in [3.05, 3.63) is 81.5 Å². The highest BCUT2D eigenvalue weighted by Gasteiger charge is 2.14. The van der Waals surface area contributed by atoms with Crippen molar-refractivity contribution in [2.45, 2.75) is 6.92 Å². The van der Waals surface area contributed by atoms with Gasteiger partial charge in [-0.25, -0.2) is 0 Å². The molecule has 0 atom stereocenters. The summed E-state index contributed by atoms with van der Waals surface area (Å²) in [6.07, 6.45) is 0. The van der Waals surface area contributed by atoms with Gasteiger partial charge < -0.3 is 4.98 Å². The minimum Gasteiger partial charge on any atom is -0.321 e. The second kappa shape index (κ2) is 6.04. The van der Waals surface area contributed by atoms with Crippen LogP contribution in [0.3, 0.4) is 0 Å². The number of rotatable bonds is 2. The molecule has 2 aromatic carbocycles. The fourth-order valence-electron chi connectivity index (χ4n) is 2.96. The number of pyridine rings is 1. The topological polar surface area (TPSA) is 56.6 Å². The van der Waals surface area contributed by atoms with Crippen LogP contribution < -0.4 is 5.56 Å². The lowest BCUT2D eigenvalue weighted by Crippen LogP contribution is -2.12. The van der Waals surface area contributed by atoms with Gasteiger partial charge in [-0.3, -0.25) is 4.79 Å². The van der Waals surface area contributed by atoms with Crippen LogP contribution in [-0.4, -0.2) is 4.98 Å². The number of nitrogens with one attached hydrogen (secondary N) is 1. The molecule has 4 rings (SSSR count). The van der Waals surface area contributed by atoms with Crippen LogP contribution in [0.5, 0.6) is 0 Å². The maximum absolute atomic E-state index is 12.4. The van der Waals surface area contributed by atoms with E-state index in [1.807, 2.05) is 61.5 Å². The van der Waals surface area contributed by atoms with Crippen molar-refractivity contribution in [3.8, 4) is 27.8 Å². The normalized spacial score (nSPS) is 10.7. The van der Waals surface area contributed by atoms with E-state index in [2.05, 4.69) is 17.1 Å². The monoisotopic (exact) mass is 342 g/mol. The zero-order valence-corrected chi connectivity index (χ0v) is 14.4. The van der Waals surface area contributed by atoms with Gasteiger partial charge in [-0.05, 0) is 47.5 Å². The summed E-state index contributed by atoms with van der Waals surface area (Å²) in [4.78, 5) is 17.4. The molecule has 0 unspecified atom stereocenters. The first kappa shape index (κ1) is 15.4. The first-order chi connectivity index (χ1) is 12.2. The molecule has 120 valence electrons. The van der Waals surface area contributed by atoms with E-state index in [0.717, 1.165) is 31.8 Å². The predicted octanol–water partition coefficient (Wildman–Crippen LogP) is 5.10. The van der Waals surface area contributed by atoms with Crippen molar-refractivity contribution >= 4 is 22.1 Å². The molecule has 2 heterocycles. The van der Waals surface area contributed by atoms with Crippen LogP contribution in [-0.2, 0) is 0 Å². The number of benzene rings is 2. The van der Waals surface area contributed by atoms with E-state index in [9.17, 15) is 10.1 Å². The lowest BCUT2D eigenvalue weighted by molar-refractivity contribution is 1.22. The number of aromatic amines is 1. The molecule has 0 aliphatic heterocycles. The lowest BCUT2D eigenvalue weighted by atomic mass is 10.0. The van der Waals surface area contributed by atoms with E-state index in [4.69, 9.17) is 0 Å². The van der Waals surface area contributed by atoms with Crippen molar-refractivity contribution < 1.29 is 0 Å². The molecule has 0 fully saturated rings. The zero-order valence-electron chi connectivity index (χ0n) is 13.5. The van der Waals surface area contributed by atoms with Gasteiger partial charge >= 0.3 is 0 Å². The van der Waals surface area contributed by atoms with Crippen LogP contribution in [0.4, 0.5) is 0 Å². The number of nitriles is 1. The van der Waals surface area contributed by atoms with Crippen molar-refractivity contribution in [2.75, 3.05) is 0 Å². The van der Waals surface area contributed by atoms with Gasteiger partial charge in [-0.15, -0.1) is 11.3 Å². The Morgan fingerprint density at radius 3 is 2.52 bits per heavy atom. The number of thiophene rings is 1. The number of hydrogen-bond acceptors (Lipinski definition) is 3. The van der Waals surface area contributed by atoms with Gasteiger partial charge in [-0.2, -0.15) is 5.26 Å². The Hall–Kier alpha value is -3.16. The van der Waals surface area contributed by atoms with Crippen LogP contribution >= 0.6 is 11.3 Å². The molecule has 0 spiro atoms.